The molecule has 0 bridgehead atoms. The minimum Gasteiger partial charge on any atom is -0.336 e. The fourth-order valence-corrected chi connectivity index (χ4v) is 4.15. The van der Waals surface area contributed by atoms with Crippen LogP contribution in [0.5, 0.6) is 0 Å². The number of primary sulfonamides is 1. The lowest BCUT2D eigenvalue weighted by Crippen LogP contribution is -2.38. The average Bonchev–Trinajstić information content (AvgIpc) is 2.62. The second-order valence-corrected chi connectivity index (χ2v) is 7.77. The Hall–Kier alpha value is -0.920. The van der Waals surface area contributed by atoms with Crippen LogP contribution in [0.3, 0.4) is 0 Å². The van der Waals surface area contributed by atoms with E-state index >= 15 is 0 Å². The van der Waals surface area contributed by atoms with Crippen molar-refractivity contribution in [3.8, 4) is 0 Å². The van der Waals surface area contributed by atoms with Crippen LogP contribution >= 0.6 is 15.9 Å². The van der Waals surface area contributed by atoms with Crippen LogP contribution in [0.1, 0.15) is 43.0 Å². The third-order valence-electron chi connectivity index (χ3n) is 3.80. The van der Waals surface area contributed by atoms with Gasteiger partial charge in [-0.05, 0) is 53.9 Å². The van der Waals surface area contributed by atoms with E-state index < -0.39 is 10.0 Å². The van der Waals surface area contributed by atoms with E-state index in [1.165, 1.54) is 6.07 Å². The molecule has 0 aliphatic carbocycles. The van der Waals surface area contributed by atoms with Gasteiger partial charge in [0, 0.05) is 22.6 Å². The van der Waals surface area contributed by atoms with Gasteiger partial charge in [-0.25, -0.2) is 13.6 Å². The molecular formula is C14H19BrN2O3S. The number of sulfonamides is 1. The second kappa shape index (κ2) is 6.46. The molecule has 1 aromatic carbocycles. The number of halogens is 1. The molecule has 2 rings (SSSR count). The minimum atomic E-state index is -3.86. The maximum Gasteiger partial charge on any atom is 0.254 e. The molecule has 0 radical (unpaired) electrons. The Morgan fingerprint density at radius 3 is 2.71 bits per heavy atom. The summed E-state index contributed by atoms with van der Waals surface area (Å²) in [5, 5.41) is 5.17. The predicted octanol–water partition coefficient (Wildman–Crippen LogP) is 2.50. The van der Waals surface area contributed by atoms with E-state index in [1.807, 2.05) is 11.8 Å². The van der Waals surface area contributed by atoms with Crippen molar-refractivity contribution in [2.24, 2.45) is 5.14 Å². The Morgan fingerprint density at radius 1 is 1.33 bits per heavy atom. The molecule has 1 saturated heterocycles. The van der Waals surface area contributed by atoms with Crippen molar-refractivity contribution in [1.82, 2.24) is 4.90 Å². The van der Waals surface area contributed by atoms with E-state index in [0.717, 1.165) is 25.7 Å². The fourth-order valence-electron chi connectivity index (χ4n) is 2.60. The Labute approximate surface area is 133 Å². The summed E-state index contributed by atoms with van der Waals surface area (Å²) in [6, 6.07) is 4.69. The summed E-state index contributed by atoms with van der Waals surface area (Å²) in [7, 11) is -3.86. The van der Waals surface area contributed by atoms with Crippen molar-refractivity contribution in [3.63, 3.8) is 0 Å². The molecular weight excluding hydrogens is 356 g/mol. The van der Waals surface area contributed by atoms with Crippen molar-refractivity contribution in [2.75, 3.05) is 6.54 Å². The van der Waals surface area contributed by atoms with Crippen LogP contribution in [0.4, 0.5) is 0 Å². The highest BCUT2D eigenvalue weighted by atomic mass is 79.9. The van der Waals surface area contributed by atoms with Gasteiger partial charge in [0.25, 0.3) is 5.91 Å². The van der Waals surface area contributed by atoms with Crippen LogP contribution in [0.2, 0.25) is 0 Å². The lowest BCUT2D eigenvalue weighted by molar-refractivity contribution is 0.0697. The number of nitrogens with zero attached hydrogens (tertiary/aromatic N) is 1. The summed E-state index contributed by atoms with van der Waals surface area (Å²) in [6.45, 7) is 2.74. The highest BCUT2D eigenvalue weighted by molar-refractivity contribution is 9.10. The van der Waals surface area contributed by atoms with Crippen molar-refractivity contribution in [1.29, 1.82) is 0 Å². The molecule has 1 atom stereocenters. The first-order chi connectivity index (χ1) is 9.80. The number of hydrogen-bond acceptors (Lipinski definition) is 3. The highest BCUT2D eigenvalue weighted by Gasteiger charge is 2.24. The van der Waals surface area contributed by atoms with Crippen LogP contribution in [0.25, 0.3) is 0 Å². The molecule has 0 spiro atoms. The average molecular weight is 375 g/mol. The van der Waals surface area contributed by atoms with Crippen molar-refractivity contribution < 1.29 is 13.2 Å². The van der Waals surface area contributed by atoms with Gasteiger partial charge in [0.05, 0.1) is 4.90 Å². The standard InChI is InChI=1S/C14H19BrN2O3S/c1-10-5-3-2-4-8-17(10)14(18)11-6-7-12(15)13(9-11)21(16,19)20/h6-7,9-10H,2-5,8H2,1H3,(H2,16,19,20). The molecule has 0 aromatic heterocycles. The topological polar surface area (TPSA) is 80.5 Å². The quantitative estimate of drug-likeness (QED) is 0.863. The lowest BCUT2D eigenvalue weighted by atomic mass is 10.1. The molecule has 1 amide bonds. The molecule has 21 heavy (non-hydrogen) atoms. The number of likely N-dealkylation sites (tertiary alicyclic amines) is 1. The van der Waals surface area contributed by atoms with Crippen molar-refractivity contribution in [2.45, 2.75) is 43.5 Å². The molecule has 1 fully saturated rings. The van der Waals surface area contributed by atoms with Gasteiger partial charge >= 0.3 is 0 Å². The summed E-state index contributed by atoms with van der Waals surface area (Å²) < 4.78 is 23.5. The van der Waals surface area contributed by atoms with Crippen LogP contribution in [0, 0.1) is 0 Å². The minimum absolute atomic E-state index is 0.0594. The first-order valence-electron chi connectivity index (χ1n) is 6.94. The highest BCUT2D eigenvalue weighted by Crippen LogP contribution is 2.24. The molecule has 1 unspecified atom stereocenters. The summed E-state index contributed by atoms with van der Waals surface area (Å²) in [5.74, 6) is -0.137. The molecule has 2 N–H and O–H groups in total. The monoisotopic (exact) mass is 374 g/mol. The number of amides is 1. The zero-order valence-electron chi connectivity index (χ0n) is 11.9. The van der Waals surface area contributed by atoms with Crippen molar-refractivity contribution >= 4 is 31.9 Å². The van der Waals surface area contributed by atoms with Crippen molar-refractivity contribution in [3.05, 3.63) is 28.2 Å². The van der Waals surface area contributed by atoms with Gasteiger partial charge in [0.2, 0.25) is 10.0 Å². The van der Waals surface area contributed by atoms with Gasteiger partial charge in [0.15, 0.2) is 0 Å². The zero-order valence-corrected chi connectivity index (χ0v) is 14.3. The van der Waals surface area contributed by atoms with Gasteiger partial charge in [-0.2, -0.15) is 0 Å². The lowest BCUT2D eigenvalue weighted by Gasteiger charge is -2.27. The molecule has 1 aromatic rings. The number of nitrogens with two attached hydrogens (primary N) is 1. The number of hydrogen-bond donors (Lipinski definition) is 1. The van der Waals surface area contributed by atoms with Gasteiger partial charge < -0.3 is 4.90 Å². The first-order valence-corrected chi connectivity index (χ1v) is 9.28. The Balaban J connectivity index is 2.35. The Kier molecular flexibility index (Phi) is 5.06. The van der Waals surface area contributed by atoms with Crippen LogP contribution < -0.4 is 5.14 Å². The van der Waals surface area contributed by atoms with Gasteiger partial charge in [-0.15, -0.1) is 0 Å². The van der Waals surface area contributed by atoms with Crippen LogP contribution in [-0.2, 0) is 10.0 Å². The van der Waals surface area contributed by atoms with Gasteiger partial charge in [-0.3, -0.25) is 4.79 Å². The maximum atomic E-state index is 12.6. The predicted molar refractivity (Wildman–Crippen MR) is 84.5 cm³/mol. The molecule has 116 valence electrons. The van der Waals surface area contributed by atoms with Crippen LogP contribution in [-0.4, -0.2) is 31.8 Å². The van der Waals surface area contributed by atoms with E-state index in [0.29, 0.717) is 16.6 Å². The van der Waals surface area contributed by atoms with Gasteiger partial charge in [0.1, 0.15) is 0 Å². The van der Waals surface area contributed by atoms with E-state index in [2.05, 4.69) is 15.9 Å². The van der Waals surface area contributed by atoms with E-state index in [-0.39, 0.29) is 16.8 Å². The number of carbonyl (C=O) groups is 1. The maximum absolute atomic E-state index is 12.6. The largest absolute Gasteiger partial charge is 0.336 e. The Bertz CT molecular complexity index is 646. The molecule has 5 nitrogen and oxygen atoms in total. The number of benzene rings is 1. The summed E-state index contributed by atoms with van der Waals surface area (Å²) in [4.78, 5) is 14.4. The number of rotatable bonds is 2. The normalized spacial score (nSPS) is 20.1. The van der Waals surface area contributed by atoms with E-state index in [4.69, 9.17) is 5.14 Å². The SMILES string of the molecule is CC1CCCCCN1C(=O)c1ccc(Br)c(S(N)(=O)=O)c1. The number of carbonyl (C=O) groups excluding carboxylic acids is 1. The molecule has 7 heteroatoms. The van der Waals surface area contributed by atoms with Crippen LogP contribution in [0.15, 0.2) is 27.6 Å². The molecule has 1 heterocycles. The first kappa shape index (κ1) is 16.5. The molecule has 1 aliphatic heterocycles. The van der Waals surface area contributed by atoms with E-state index in [9.17, 15) is 13.2 Å². The third kappa shape index (κ3) is 3.84. The summed E-state index contributed by atoms with van der Waals surface area (Å²) in [6.07, 6.45) is 4.20. The second-order valence-electron chi connectivity index (χ2n) is 5.39. The molecule has 0 saturated carbocycles. The van der Waals surface area contributed by atoms with E-state index in [1.54, 1.807) is 12.1 Å². The third-order valence-corrected chi connectivity index (χ3v) is 5.70. The Morgan fingerprint density at radius 2 is 2.05 bits per heavy atom. The smallest absolute Gasteiger partial charge is 0.254 e. The molecule has 1 aliphatic rings. The fraction of sp³-hybridized carbons (Fsp3) is 0.500. The summed E-state index contributed by atoms with van der Waals surface area (Å²) >= 11 is 3.15. The van der Waals surface area contributed by atoms with Gasteiger partial charge in [-0.1, -0.05) is 12.8 Å². The zero-order chi connectivity index (χ0) is 15.6. The summed E-state index contributed by atoms with van der Waals surface area (Å²) in [5.41, 5.74) is 0.357.